The highest BCUT2D eigenvalue weighted by Gasteiger charge is 2.33. The molecule has 1 aromatic rings. The molecule has 1 aromatic carbocycles. The number of hydrogen-bond acceptors (Lipinski definition) is 4. The van der Waals surface area contributed by atoms with E-state index < -0.39 is 6.09 Å². The lowest BCUT2D eigenvalue weighted by atomic mass is 10.0. The van der Waals surface area contributed by atoms with Crippen LogP contribution < -0.4 is 0 Å². The van der Waals surface area contributed by atoms with Gasteiger partial charge in [0, 0.05) is 0 Å². The van der Waals surface area contributed by atoms with Gasteiger partial charge in [-0.2, -0.15) is 0 Å². The Morgan fingerprint density at radius 1 is 1.38 bits per heavy atom. The summed E-state index contributed by atoms with van der Waals surface area (Å²) in [7, 11) is 0. The van der Waals surface area contributed by atoms with Crippen LogP contribution >= 0.6 is 0 Å². The van der Waals surface area contributed by atoms with E-state index in [0.29, 0.717) is 26.2 Å². The Kier molecular flexibility index (Phi) is 5.75. The molecule has 0 bridgehead atoms. The Morgan fingerprint density at radius 2 is 2.14 bits per heavy atom. The van der Waals surface area contributed by atoms with Crippen molar-refractivity contribution in [3.63, 3.8) is 0 Å². The SMILES string of the molecule is CCC[C@H](COCc1ccccc1)C(=O)N1CCOC1=O. The maximum atomic E-state index is 12.3. The lowest BCUT2D eigenvalue weighted by Gasteiger charge is -2.19. The second-order valence-corrected chi connectivity index (χ2v) is 5.09. The number of nitrogens with zero attached hydrogens (tertiary/aromatic N) is 1. The minimum absolute atomic E-state index is 0.188. The lowest BCUT2D eigenvalue weighted by Crippen LogP contribution is -2.38. The molecular formula is C16H21NO4. The maximum Gasteiger partial charge on any atom is 0.416 e. The smallest absolute Gasteiger partial charge is 0.416 e. The lowest BCUT2D eigenvalue weighted by molar-refractivity contribution is -0.134. The summed E-state index contributed by atoms with van der Waals surface area (Å²) >= 11 is 0. The zero-order valence-corrected chi connectivity index (χ0v) is 12.3. The first kappa shape index (κ1) is 15.5. The highest BCUT2D eigenvalue weighted by Crippen LogP contribution is 2.16. The molecule has 5 heteroatoms. The Bertz CT molecular complexity index is 474. The standard InChI is InChI=1S/C16H21NO4/c1-2-6-14(15(18)17-9-10-21-16(17)19)12-20-11-13-7-4-3-5-8-13/h3-5,7-8,14H,2,6,9-12H2,1H3/t14-/m1/s1. The normalized spacial score (nSPS) is 15.9. The van der Waals surface area contributed by atoms with Crippen LogP contribution in [0.1, 0.15) is 25.3 Å². The Morgan fingerprint density at radius 3 is 2.76 bits per heavy atom. The van der Waals surface area contributed by atoms with Crippen LogP contribution in [-0.2, 0) is 20.9 Å². The van der Waals surface area contributed by atoms with Gasteiger partial charge in [0.15, 0.2) is 0 Å². The van der Waals surface area contributed by atoms with E-state index in [1.165, 1.54) is 4.90 Å². The molecule has 1 saturated heterocycles. The number of rotatable bonds is 7. The minimum Gasteiger partial charge on any atom is -0.447 e. The molecule has 5 nitrogen and oxygen atoms in total. The van der Waals surface area contributed by atoms with Crippen LogP contribution in [0.3, 0.4) is 0 Å². The zero-order chi connectivity index (χ0) is 15.1. The number of cyclic esters (lactones) is 1. The van der Waals surface area contributed by atoms with E-state index in [1.54, 1.807) is 0 Å². The average molecular weight is 291 g/mol. The largest absolute Gasteiger partial charge is 0.447 e. The molecule has 0 N–H and O–H groups in total. The molecule has 0 unspecified atom stereocenters. The first-order chi connectivity index (χ1) is 10.2. The van der Waals surface area contributed by atoms with E-state index in [0.717, 1.165) is 12.0 Å². The molecule has 114 valence electrons. The molecule has 0 radical (unpaired) electrons. The highest BCUT2D eigenvalue weighted by molar-refractivity contribution is 5.94. The van der Waals surface area contributed by atoms with Crippen molar-refractivity contribution in [2.75, 3.05) is 19.8 Å². The van der Waals surface area contributed by atoms with Crippen molar-refractivity contribution in [2.24, 2.45) is 5.92 Å². The summed E-state index contributed by atoms with van der Waals surface area (Å²) in [5.41, 5.74) is 1.07. The van der Waals surface area contributed by atoms with Crippen molar-refractivity contribution in [2.45, 2.75) is 26.4 Å². The van der Waals surface area contributed by atoms with Gasteiger partial charge < -0.3 is 9.47 Å². The molecular weight excluding hydrogens is 270 g/mol. The van der Waals surface area contributed by atoms with E-state index in [1.807, 2.05) is 37.3 Å². The van der Waals surface area contributed by atoms with E-state index in [2.05, 4.69) is 0 Å². The van der Waals surface area contributed by atoms with Crippen LogP contribution in [0.5, 0.6) is 0 Å². The number of carbonyl (C=O) groups excluding carboxylic acids is 2. The van der Waals surface area contributed by atoms with Crippen LogP contribution in [0.4, 0.5) is 4.79 Å². The Hall–Kier alpha value is -1.88. The summed E-state index contributed by atoms with van der Waals surface area (Å²) in [5.74, 6) is -0.475. The van der Waals surface area contributed by atoms with E-state index in [4.69, 9.17) is 9.47 Å². The molecule has 1 aliphatic heterocycles. The van der Waals surface area contributed by atoms with Gasteiger partial charge in [-0.05, 0) is 12.0 Å². The quantitative estimate of drug-likeness (QED) is 0.775. The monoisotopic (exact) mass is 291 g/mol. The van der Waals surface area contributed by atoms with Crippen molar-refractivity contribution >= 4 is 12.0 Å². The summed E-state index contributed by atoms with van der Waals surface area (Å²) in [6.45, 7) is 3.44. The van der Waals surface area contributed by atoms with Gasteiger partial charge in [0.2, 0.25) is 5.91 Å². The minimum atomic E-state index is -0.538. The summed E-state index contributed by atoms with van der Waals surface area (Å²) in [6, 6.07) is 9.82. The predicted octanol–water partition coefficient (Wildman–Crippen LogP) is 2.60. The van der Waals surface area contributed by atoms with Gasteiger partial charge in [-0.25, -0.2) is 9.69 Å². The van der Waals surface area contributed by atoms with Crippen molar-refractivity contribution in [3.8, 4) is 0 Å². The third kappa shape index (κ3) is 4.29. The molecule has 0 saturated carbocycles. The van der Waals surface area contributed by atoms with Gasteiger partial charge in [-0.15, -0.1) is 0 Å². The molecule has 0 aromatic heterocycles. The first-order valence-electron chi connectivity index (χ1n) is 7.32. The summed E-state index contributed by atoms with van der Waals surface area (Å²) in [6.07, 6.45) is 1.04. The van der Waals surface area contributed by atoms with E-state index >= 15 is 0 Å². The summed E-state index contributed by atoms with van der Waals surface area (Å²) < 4.78 is 10.5. The molecule has 1 fully saturated rings. The number of ether oxygens (including phenoxy) is 2. The van der Waals surface area contributed by atoms with Gasteiger partial charge >= 0.3 is 6.09 Å². The molecule has 1 heterocycles. The average Bonchev–Trinajstić information content (AvgIpc) is 2.93. The van der Waals surface area contributed by atoms with E-state index in [-0.39, 0.29) is 18.4 Å². The van der Waals surface area contributed by atoms with Gasteiger partial charge in [0.05, 0.1) is 25.7 Å². The molecule has 2 rings (SSSR count). The van der Waals surface area contributed by atoms with Crippen LogP contribution in [0, 0.1) is 5.92 Å². The predicted molar refractivity (Wildman–Crippen MR) is 77.6 cm³/mol. The first-order valence-corrected chi connectivity index (χ1v) is 7.32. The zero-order valence-electron chi connectivity index (χ0n) is 12.3. The molecule has 1 atom stereocenters. The topological polar surface area (TPSA) is 55.8 Å². The van der Waals surface area contributed by atoms with Crippen molar-refractivity contribution in [3.05, 3.63) is 35.9 Å². The number of amides is 2. The van der Waals surface area contributed by atoms with Gasteiger partial charge in [-0.3, -0.25) is 4.79 Å². The molecule has 2 amide bonds. The fourth-order valence-corrected chi connectivity index (χ4v) is 2.33. The van der Waals surface area contributed by atoms with Crippen molar-refractivity contribution < 1.29 is 19.1 Å². The van der Waals surface area contributed by atoms with Crippen LogP contribution in [-0.4, -0.2) is 36.7 Å². The molecule has 21 heavy (non-hydrogen) atoms. The Labute approximate surface area is 124 Å². The fourth-order valence-electron chi connectivity index (χ4n) is 2.33. The number of imide groups is 1. The highest BCUT2D eigenvalue weighted by atomic mass is 16.6. The second-order valence-electron chi connectivity index (χ2n) is 5.09. The number of carbonyl (C=O) groups is 2. The van der Waals surface area contributed by atoms with Gasteiger partial charge in [0.1, 0.15) is 6.61 Å². The number of benzene rings is 1. The third-order valence-corrected chi connectivity index (χ3v) is 3.44. The van der Waals surface area contributed by atoms with Gasteiger partial charge in [-0.1, -0.05) is 43.7 Å². The number of hydrogen-bond donors (Lipinski definition) is 0. The van der Waals surface area contributed by atoms with Crippen LogP contribution in [0.25, 0.3) is 0 Å². The maximum absolute atomic E-state index is 12.3. The van der Waals surface area contributed by atoms with E-state index in [9.17, 15) is 9.59 Å². The van der Waals surface area contributed by atoms with Crippen LogP contribution in [0.2, 0.25) is 0 Å². The Balaban J connectivity index is 1.86. The summed E-state index contributed by atoms with van der Waals surface area (Å²) in [5, 5.41) is 0. The van der Waals surface area contributed by atoms with Gasteiger partial charge in [0.25, 0.3) is 0 Å². The van der Waals surface area contributed by atoms with Crippen molar-refractivity contribution in [1.82, 2.24) is 4.90 Å². The second kappa shape index (κ2) is 7.78. The third-order valence-electron chi connectivity index (χ3n) is 3.44. The molecule has 0 aliphatic carbocycles. The van der Waals surface area contributed by atoms with Crippen LogP contribution in [0.15, 0.2) is 30.3 Å². The fraction of sp³-hybridized carbons (Fsp3) is 0.500. The molecule has 1 aliphatic rings. The summed E-state index contributed by atoms with van der Waals surface area (Å²) in [4.78, 5) is 25.0. The van der Waals surface area contributed by atoms with Crippen molar-refractivity contribution in [1.29, 1.82) is 0 Å². The molecule has 0 spiro atoms.